The molecule has 1 fully saturated rings. The molecule has 2 aliphatic heterocycles. The van der Waals surface area contributed by atoms with E-state index in [0.717, 1.165) is 12.8 Å². The Balaban J connectivity index is 1.23. The Hall–Kier alpha value is -2.86. The first-order valence-electron chi connectivity index (χ1n) is 10.7. The zero-order chi connectivity index (χ0) is 21.0. The molecule has 0 aromatic heterocycles. The maximum absolute atomic E-state index is 12.5. The standard InChI is InChI=1S/C24H29N3O3/c1-18(11-12-19-7-3-2-4-8-19)25-22(28)17-27-15-13-24(14-16-27)26-23(29)20-9-5-6-10-21(20)30-24/h2-10,18H,11-17H2,1H3,(H,25,28)(H,26,29)/t18-/m1/s1. The minimum absolute atomic E-state index is 0.0467. The molecule has 6 nitrogen and oxygen atoms in total. The first-order valence-corrected chi connectivity index (χ1v) is 10.7. The van der Waals surface area contributed by atoms with E-state index in [0.29, 0.717) is 43.8 Å². The summed E-state index contributed by atoms with van der Waals surface area (Å²) in [5.41, 5.74) is 1.20. The highest BCUT2D eigenvalue weighted by Gasteiger charge is 2.42. The van der Waals surface area contributed by atoms with E-state index in [-0.39, 0.29) is 17.9 Å². The second-order valence-corrected chi connectivity index (χ2v) is 8.32. The molecule has 0 saturated carbocycles. The third-order valence-corrected chi connectivity index (χ3v) is 5.93. The number of benzene rings is 2. The van der Waals surface area contributed by atoms with Crippen LogP contribution in [-0.2, 0) is 11.2 Å². The number of likely N-dealkylation sites (tertiary alicyclic amines) is 1. The van der Waals surface area contributed by atoms with Gasteiger partial charge >= 0.3 is 0 Å². The van der Waals surface area contributed by atoms with Gasteiger partial charge in [-0.3, -0.25) is 14.5 Å². The molecule has 0 unspecified atom stereocenters. The average Bonchev–Trinajstić information content (AvgIpc) is 2.75. The smallest absolute Gasteiger partial charge is 0.258 e. The summed E-state index contributed by atoms with van der Waals surface area (Å²) in [4.78, 5) is 27.0. The van der Waals surface area contributed by atoms with E-state index in [1.54, 1.807) is 6.07 Å². The van der Waals surface area contributed by atoms with Gasteiger partial charge in [0.2, 0.25) is 5.91 Å². The van der Waals surface area contributed by atoms with Gasteiger partial charge in [0.25, 0.3) is 5.91 Å². The Morgan fingerprint density at radius 2 is 1.83 bits per heavy atom. The number of fused-ring (bicyclic) bond motifs is 1. The number of amides is 2. The van der Waals surface area contributed by atoms with Gasteiger partial charge in [-0.25, -0.2) is 0 Å². The topological polar surface area (TPSA) is 70.7 Å². The highest BCUT2D eigenvalue weighted by Crippen LogP contribution is 2.33. The van der Waals surface area contributed by atoms with Crippen LogP contribution in [-0.4, -0.2) is 48.1 Å². The minimum atomic E-state index is -0.665. The van der Waals surface area contributed by atoms with Gasteiger partial charge in [0.05, 0.1) is 12.1 Å². The quantitative estimate of drug-likeness (QED) is 0.773. The Morgan fingerprint density at radius 1 is 1.13 bits per heavy atom. The maximum Gasteiger partial charge on any atom is 0.258 e. The summed E-state index contributed by atoms with van der Waals surface area (Å²) in [6.07, 6.45) is 3.18. The van der Waals surface area contributed by atoms with Gasteiger partial charge in [0.1, 0.15) is 5.75 Å². The van der Waals surface area contributed by atoms with Crippen LogP contribution in [0.1, 0.15) is 42.1 Å². The van der Waals surface area contributed by atoms with Gasteiger partial charge in [0.15, 0.2) is 5.72 Å². The summed E-state index contributed by atoms with van der Waals surface area (Å²) >= 11 is 0. The van der Waals surface area contributed by atoms with Crippen LogP contribution in [0.3, 0.4) is 0 Å². The number of nitrogens with zero attached hydrogens (tertiary/aromatic N) is 1. The second-order valence-electron chi connectivity index (χ2n) is 8.32. The number of ether oxygens (including phenoxy) is 1. The number of nitrogens with one attached hydrogen (secondary N) is 2. The van der Waals surface area contributed by atoms with Crippen molar-refractivity contribution in [2.45, 2.75) is 44.4 Å². The summed E-state index contributed by atoms with van der Waals surface area (Å²) in [7, 11) is 0. The fourth-order valence-corrected chi connectivity index (χ4v) is 4.18. The van der Waals surface area contributed by atoms with E-state index in [4.69, 9.17) is 4.74 Å². The molecule has 30 heavy (non-hydrogen) atoms. The van der Waals surface area contributed by atoms with E-state index in [1.807, 2.05) is 36.4 Å². The Kier molecular flexibility index (Phi) is 6.04. The summed E-state index contributed by atoms with van der Waals surface area (Å²) < 4.78 is 6.16. The van der Waals surface area contributed by atoms with E-state index in [2.05, 4.69) is 34.6 Å². The number of hydrogen-bond acceptors (Lipinski definition) is 4. The molecule has 2 aromatic carbocycles. The molecule has 2 aromatic rings. The van der Waals surface area contributed by atoms with E-state index < -0.39 is 5.72 Å². The highest BCUT2D eigenvalue weighted by molar-refractivity contribution is 5.98. The lowest BCUT2D eigenvalue weighted by Gasteiger charge is -2.44. The molecular formula is C24H29N3O3. The lowest BCUT2D eigenvalue weighted by atomic mass is 9.97. The molecule has 1 spiro atoms. The summed E-state index contributed by atoms with van der Waals surface area (Å²) in [5.74, 6) is 0.598. The molecule has 2 amide bonds. The number of carbonyl (C=O) groups is 2. The molecule has 0 bridgehead atoms. The molecule has 2 aliphatic rings. The molecule has 4 rings (SSSR count). The third kappa shape index (κ3) is 4.82. The molecule has 2 heterocycles. The number of aryl methyl sites for hydroxylation is 1. The Morgan fingerprint density at radius 3 is 2.60 bits per heavy atom. The van der Waals surface area contributed by atoms with Crippen LogP contribution in [0, 0.1) is 0 Å². The van der Waals surface area contributed by atoms with Crippen LogP contribution in [0.15, 0.2) is 54.6 Å². The molecule has 6 heteroatoms. The van der Waals surface area contributed by atoms with Crippen LogP contribution in [0.5, 0.6) is 5.75 Å². The van der Waals surface area contributed by atoms with Crippen molar-refractivity contribution in [2.75, 3.05) is 19.6 Å². The zero-order valence-electron chi connectivity index (χ0n) is 17.4. The summed E-state index contributed by atoms with van der Waals surface area (Å²) in [6, 6.07) is 17.8. The first kappa shape index (κ1) is 20.4. The van der Waals surface area contributed by atoms with E-state index in [9.17, 15) is 9.59 Å². The Bertz CT molecular complexity index is 892. The third-order valence-electron chi connectivity index (χ3n) is 5.93. The highest BCUT2D eigenvalue weighted by atomic mass is 16.5. The van der Waals surface area contributed by atoms with Crippen molar-refractivity contribution in [2.24, 2.45) is 0 Å². The van der Waals surface area contributed by atoms with Gasteiger partial charge < -0.3 is 15.4 Å². The maximum atomic E-state index is 12.5. The van der Waals surface area contributed by atoms with Crippen LogP contribution < -0.4 is 15.4 Å². The van der Waals surface area contributed by atoms with Gasteiger partial charge in [-0.15, -0.1) is 0 Å². The average molecular weight is 408 g/mol. The largest absolute Gasteiger partial charge is 0.467 e. The van der Waals surface area contributed by atoms with Crippen molar-refractivity contribution in [1.82, 2.24) is 15.5 Å². The lowest BCUT2D eigenvalue weighted by Crippen LogP contribution is -2.61. The van der Waals surface area contributed by atoms with Gasteiger partial charge in [0, 0.05) is 32.0 Å². The molecule has 1 saturated heterocycles. The predicted octanol–water partition coefficient (Wildman–Crippen LogP) is 2.74. The number of rotatable bonds is 6. The fourth-order valence-electron chi connectivity index (χ4n) is 4.18. The van der Waals surface area contributed by atoms with Crippen LogP contribution in [0.25, 0.3) is 0 Å². The molecular weight excluding hydrogens is 378 g/mol. The van der Waals surface area contributed by atoms with Crippen molar-refractivity contribution in [3.05, 3.63) is 65.7 Å². The predicted molar refractivity (Wildman–Crippen MR) is 115 cm³/mol. The van der Waals surface area contributed by atoms with Crippen LogP contribution in [0.2, 0.25) is 0 Å². The summed E-state index contributed by atoms with van der Waals surface area (Å²) in [6.45, 7) is 3.83. The Labute approximate surface area is 177 Å². The van der Waals surface area contributed by atoms with E-state index >= 15 is 0 Å². The van der Waals surface area contributed by atoms with Crippen molar-refractivity contribution < 1.29 is 14.3 Å². The second kappa shape index (κ2) is 8.88. The van der Waals surface area contributed by atoms with Crippen molar-refractivity contribution in [3.8, 4) is 5.75 Å². The molecule has 0 aliphatic carbocycles. The number of hydrogen-bond donors (Lipinski definition) is 2. The minimum Gasteiger partial charge on any atom is -0.467 e. The normalized spacial score (nSPS) is 18.8. The molecule has 2 N–H and O–H groups in total. The van der Waals surface area contributed by atoms with Crippen molar-refractivity contribution >= 4 is 11.8 Å². The summed E-state index contributed by atoms with van der Waals surface area (Å²) in [5, 5.41) is 6.14. The van der Waals surface area contributed by atoms with Gasteiger partial charge in [-0.2, -0.15) is 0 Å². The SMILES string of the molecule is C[C@H](CCc1ccccc1)NC(=O)CN1CCC2(CC1)NC(=O)c1ccccc1O2. The van der Waals surface area contributed by atoms with Gasteiger partial charge in [-0.05, 0) is 37.5 Å². The number of para-hydroxylation sites is 1. The lowest BCUT2D eigenvalue weighted by molar-refractivity contribution is -0.124. The van der Waals surface area contributed by atoms with Gasteiger partial charge in [-0.1, -0.05) is 42.5 Å². The fraction of sp³-hybridized carbons (Fsp3) is 0.417. The number of carbonyl (C=O) groups excluding carboxylic acids is 2. The zero-order valence-corrected chi connectivity index (χ0v) is 17.4. The van der Waals surface area contributed by atoms with Crippen molar-refractivity contribution in [3.63, 3.8) is 0 Å². The van der Waals surface area contributed by atoms with Crippen molar-refractivity contribution in [1.29, 1.82) is 0 Å². The first-order chi connectivity index (χ1) is 14.5. The molecule has 158 valence electrons. The van der Waals surface area contributed by atoms with Crippen LogP contribution >= 0.6 is 0 Å². The molecule has 0 radical (unpaired) electrons. The van der Waals surface area contributed by atoms with Crippen LogP contribution in [0.4, 0.5) is 0 Å². The monoisotopic (exact) mass is 407 g/mol. The number of piperidine rings is 1. The van der Waals surface area contributed by atoms with E-state index in [1.165, 1.54) is 5.56 Å². The molecule has 1 atom stereocenters.